The molecular weight excluding hydrogens is 527 g/mol. The van der Waals surface area contributed by atoms with Gasteiger partial charge in [0, 0.05) is 23.1 Å². The van der Waals surface area contributed by atoms with Gasteiger partial charge in [-0.25, -0.2) is 0 Å². The Kier molecular flexibility index (Phi) is 11.5. The molecule has 0 bridgehead atoms. The zero-order valence-electron chi connectivity index (χ0n) is 19.3. The Balaban J connectivity index is 2.23. The number of aryl methyl sites for hydroxylation is 1. The molecule has 0 unspecified atom stereocenters. The highest BCUT2D eigenvalue weighted by atomic mass is 79.9. The van der Waals surface area contributed by atoms with Gasteiger partial charge < -0.3 is 15.0 Å². The molecule has 8 heteroatoms. The maximum absolute atomic E-state index is 13.3. The molecule has 2 aromatic carbocycles. The highest BCUT2D eigenvalue weighted by Crippen LogP contribution is 2.27. The SMILES string of the molecule is CCCCNC(=O)[C@H](CC)N(Cc1ccc(Cl)cc1Cl)C(=O)COc1ccc(CC)cc1Br. The third kappa shape index (κ3) is 8.20. The molecule has 0 saturated carbocycles. The van der Waals surface area contributed by atoms with Crippen molar-refractivity contribution in [2.24, 2.45) is 0 Å². The third-order valence-electron chi connectivity index (χ3n) is 5.33. The Labute approximate surface area is 214 Å². The van der Waals surface area contributed by atoms with Crippen LogP contribution >= 0.6 is 39.1 Å². The van der Waals surface area contributed by atoms with Gasteiger partial charge in [0.05, 0.1) is 4.47 Å². The minimum atomic E-state index is -0.643. The van der Waals surface area contributed by atoms with Crippen molar-refractivity contribution in [1.29, 1.82) is 0 Å². The van der Waals surface area contributed by atoms with Gasteiger partial charge in [-0.2, -0.15) is 0 Å². The van der Waals surface area contributed by atoms with Crippen molar-refractivity contribution in [3.05, 3.63) is 62.0 Å². The molecule has 5 nitrogen and oxygen atoms in total. The first-order valence-electron chi connectivity index (χ1n) is 11.2. The minimum absolute atomic E-state index is 0.174. The number of rotatable bonds is 12. The molecule has 0 aliphatic heterocycles. The van der Waals surface area contributed by atoms with E-state index in [9.17, 15) is 9.59 Å². The average molecular weight is 558 g/mol. The zero-order valence-corrected chi connectivity index (χ0v) is 22.4. The number of unbranched alkanes of at least 4 members (excludes halogenated alkanes) is 1. The second-order valence-electron chi connectivity index (χ2n) is 7.73. The standard InChI is InChI=1S/C25H31BrCl2N2O3/c1-4-7-12-29-25(32)22(6-3)30(15-18-9-10-19(27)14-21(18)28)24(31)16-33-23-11-8-17(5-2)13-20(23)26/h8-11,13-14,22H,4-7,12,15-16H2,1-3H3,(H,29,32)/t22-/m0/s1. The molecule has 0 fully saturated rings. The van der Waals surface area contributed by atoms with Crippen LogP contribution in [0.3, 0.4) is 0 Å². The number of carbonyl (C=O) groups excluding carboxylic acids is 2. The van der Waals surface area contributed by atoms with Crippen molar-refractivity contribution in [1.82, 2.24) is 10.2 Å². The van der Waals surface area contributed by atoms with Crippen molar-refractivity contribution < 1.29 is 14.3 Å². The molecule has 1 N–H and O–H groups in total. The molecule has 33 heavy (non-hydrogen) atoms. The normalized spacial score (nSPS) is 11.7. The van der Waals surface area contributed by atoms with Crippen LogP contribution in [0.15, 0.2) is 40.9 Å². The van der Waals surface area contributed by atoms with E-state index in [-0.39, 0.29) is 25.0 Å². The Morgan fingerprint density at radius 1 is 1.12 bits per heavy atom. The van der Waals surface area contributed by atoms with Gasteiger partial charge in [0.1, 0.15) is 11.8 Å². The Morgan fingerprint density at radius 3 is 2.48 bits per heavy atom. The number of ether oxygens (including phenoxy) is 1. The second kappa shape index (κ2) is 13.8. The number of hydrogen-bond acceptors (Lipinski definition) is 3. The van der Waals surface area contributed by atoms with Gasteiger partial charge in [-0.1, -0.05) is 62.5 Å². The first-order valence-corrected chi connectivity index (χ1v) is 12.8. The summed E-state index contributed by atoms with van der Waals surface area (Å²) in [4.78, 5) is 27.8. The van der Waals surface area contributed by atoms with E-state index in [4.69, 9.17) is 27.9 Å². The maximum Gasteiger partial charge on any atom is 0.261 e. The summed E-state index contributed by atoms with van der Waals surface area (Å²) in [5.74, 6) is 0.0910. The summed E-state index contributed by atoms with van der Waals surface area (Å²) >= 11 is 15.9. The molecule has 0 saturated heterocycles. The molecule has 0 aliphatic carbocycles. The average Bonchev–Trinajstić information content (AvgIpc) is 2.79. The van der Waals surface area contributed by atoms with Crippen LogP contribution in [0.2, 0.25) is 10.0 Å². The monoisotopic (exact) mass is 556 g/mol. The van der Waals surface area contributed by atoms with Crippen LogP contribution in [-0.4, -0.2) is 35.9 Å². The van der Waals surface area contributed by atoms with Crippen molar-refractivity contribution in [2.45, 2.75) is 59.0 Å². The van der Waals surface area contributed by atoms with Gasteiger partial charge in [0.15, 0.2) is 6.61 Å². The predicted molar refractivity (Wildman–Crippen MR) is 138 cm³/mol. The Hall–Kier alpha value is -1.76. The largest absolute Gasteiger partial charge is 0.483 e. The summed E-state index contributed by atoms with van der Waals surface area (Å²) < 4.78 is 6.60. The molecule has 0 radical (unpaired) electrons. The molecule has 2 amide bonds. The Bertz CT molecular complexity index is 955. The quantitative estimate of drug-likeness (QED) is 0.306. The second-order valence-corrected chi connectivity index (χ2v) is 9.43. The maximum atomic E-state index is 13.3. The van der Waals surface area contributed by atoms with Gasteiger partial charge in [0.2, 0.25) is 5.91 Å². The lowest BCUT2D eigenvalue weighted by Gasteiger charge is -2.31. The molecule has 2 aromatic rings. The smallest absolute Gasteiger partial charge is 0.261 e. The van der Waals surface area contributed by atoms with Gasteiger partial charge in [0.25, 0.3) is 5.91 Å². The van der Waals surface area contributed by atoms with Crippen LogP contribution in [0.1, 0.15) is 51.2 Å². The van der Waals surface area contributed by atoms with Crippen LogP contribution in [0, 0.1) is 0 Å². The van der Waals surface area contributed by atoms with E-state index < -0.39 is 6.04 Å². The fourth-order valence-corrected chi connectivity index (χ4v) is 4.37. The van der Waals surface area contributed by atoms with E-state index in [1.165, 1.54) is 4.90 Å². The van der Waals surface area contributed by atoms with E-state index in [0.29, 0.717) is 34.3 Å². The van der Waals surface area contributed by atoms with Crippen LogP contribution in [-0.2, 0) is 22.6 Å². The molecule has 2 rings (SSSR count). The predicted octanol–water partition coefficient (Wildman–Crippen LogP) is 6.42. The first kappa shape index (κ1) is 27.5. The van der Waals surface area contributed by atoms with Gasteiger partial charge in [-0.3, -0.25) is 9.59 Å². The molecule has 180 valence electrons. The molecule has 0 spiro atoms. The topological polar surface area (TPSA) is 58.6 Å². The number of hydrogen-bond donors (Lipinski definition) is 1. The summed E-state index contributed by atoms with van der Waals surface area (Å²) in [6.45, 7) is 6.56. The van der Waals surface area contributed by atoms with E-state index in [0.717, 1.165) is 29.3 Å². The van der Waals surface area contributed by atoms with E-state index >= 15 is 0 Å². The number of halogens is 3. The van der Waals surface area contributed by atoms with Crippen LogP contribution < -0.4 is 10.1 Å². The molecular formula is C25H31BrCl2N2O3. The van der Waals surface area contributed by atoms with Crippen LogP contribution in [0.4, 0.5) is 0 Å². The molecule has 0 aliphatic rings. The summed E-state index contributed by atoms with van der Waals surface area (Å²) in [6.07, 6.45) is 3.21. The molecule has 0 heterocycles. The third-order valence-corrected chi connectivity index (χ3v) is 6.53. The van der Waals surface area contributed by atoms with Gasteiger partial charge in [-0.15, -0.1) is 0 Å². The lowest BCUT2D eigenvalue weighted by molar-refractivity contribution is -0.143. The number of nitrogens with zero attached hydrogens (tertiary/aromatic N) is 1. The Morgan fingerprint density at radius 2 is 1.88 bits per heavy atom. The van der Waals surface area contributed by atoms with E-state index in [1.54, 1.807) is 18.2 Å². The number of benzene rings is 2. The lowest BCUT2D eigenvalue weighted by Crippen LogP contribution is -2.50. The van der Waals surface area contributed by atoms with Crippen molar-refractivity contribution in [3.63, 3.8) is 0 Å². The first-order chi connectivity index (χ1) is 15.8. The fraction of sp³-hybridized carbons (Fsp3) is 0.440. The number of carbonyl (C=O) groups is 2. The molecule has 0 aromatic heterocycles. The summed E-state index contributed by atoms with van der Waals surface area (Å²) in [5, 5.41) is 3.89. The summed E-state index contributed by atoms with van der Waals surface area (Å²) in [7, 11) is 0. The zero-order chi connectivity index (χ0) is 24.4. The van der Waals surface area contributed by atoms with Gasteiger partial charge >= 0.3 is 0 Å². The summed E-state index contributed by atoms with van der Waals surface area (Å²) in [5.41, 5.74) is 1.87. The van der Waals surface area contributed by atoms with Crippen LogP contribution in [0.25, 0.3) is 0 Å². The highest BCUT2D eigenvalue weighted by Gasteiger charge is 2.29. The number of amides is 2. The van der Waals surface area contributed by atoms with E-state index in [1.807, 2.05) is 25.1 Å². The van der Waals surface area contributed by atoms with Gasteiger partial charge in [-0.05, 0) is 70.6 Å². The lowest BCUT2D eigenvalue weighted by atomic mass is 10.1. The minimum Gasteiger partial charge on any atom is -0.483 e. The van der Waals surface area contributed by atoms with Crippen LogP contribution in [0.5, 0.6) is 5.75 Å². The molecule has 1 atom stereocenters. The van der Waals surface area contributed by atoms with Crippen molar-refractivity contribution in [3.8, 4) is 5.75 Å². The van der Waals surface area contributed by atoms with Crippen molar-refractivity contribution in [2.75, 3.05) is 13.2 Å². The number of nitrogens with one attached hydrogen (secondary N) is 1. The van der Waals surface area contributed by atoms with E-state index in [2.05, 4.69) is 35.1 Å². The fourth-order valence-electron chi connectivity index (χ4n) is 3.36. The van der Waals surface area contributed by atoms with Crippen molar-refractivity contribution >= 4 is 50.9 Å². The highest BCUT2D eigenvalue weighted by molar-refractivity contribution is 9.10. The summed E-state index contributed by atoms with van der Waals surface area (Å²) in [6, 6.07) is 10.3.